The number of nitrogens with one attached hydrogen (secondary N) is 1. The fourth-order valence-electron chi connectivity index (χ4n) is 4.42. The van der Waals surface area contributed by atoms with E-state index < -0.39 is 24.5 Å². The normalized spacial score (nSPS) is 20.2. The van der Waals surface area contributed by atoms with E-state index >= 15 is 0 Å². The predicted octanol–water partition coefficient (Wildman–Crippen LogP) is 5.41. The van der Waals surface area contributed by atoms with Crippen LogP contribution in [0.3, 0.4) is 0 Å². The van der Waals surface area contributed by atoms with E-state index in [0.29, 0.717) is 23.4 Å². The van der Waals surface area contributed by atoms with Crippen molar-refractivity contribution < 1.29 is 23.9 Å². The summed E-state index contributed by atoms with van der Waals surface area (Å²) in [5.74, 6) is -0.525. The van der Waals surface area contributed by atoms with Gasteiger partial charge in [0.05, 0.1) is 11.1 Å². The molecular weight excluding hydrogens is 418 g/mol. The number of anilines is 1. The summed E-state index contributed by atoms with van der Waals surface area (Å²) in [6.45, 7) is 7.93. The van der Waals surface area contributed by atoms with E-state index in [1.54, 1.807) is 24.3 Å². The zero-order valence-corrected chi connectivity index (χ0v) is 19.8. The maximum atomic E-state index is 13.0. The van der Waals surface area contributed by atoms with Crippen LogP contribution < -0.4 is 5.32 Å². The van der Waals surface area contributed by atoms with Gasteiger partial charge in [-0.3, -0.25) is 4.79 Å². The van der Waals surface area contributed by atoms with Crippen molar-refractivity contribution in [2.45, 2.75) is 53.1 Å². The molecule has 0 bridgehead atoms. The molecule has 0 spiro atoms. The van der Waals surface area contributed by atoms with Gasteiger partial charge in [0, 0.05) is 5.69 Å². The van der Waals surface area contributed by atoms with Crippen LogP contribution in [-0.4, -0.2) is 30.6 Å². The Bertz CT molecular complexity index is 1000. The molecule has 1 fully saturated rings. The monoisotopic (exact) mass is 451 g/mol. The van der Waals surface area contributed by atoms with E-state index in [4.69, 9.17) is 9.47 Å². The molecule has 0 heterocycles. The molecule has 3 atom stereocenters. The number of amides is 1. The molecule has 1 aliphatic carbocycles. The van der Waals surface area contributed by atoms with Crippen molar-refractivity contribution in [1.29, 1.82) is 0 Å². The number of rotatable bonds is 7. The van der Waals surface area contributed by atoms with E-state index in [1.165, 1.54) is 6.07 Å². The van der Waals surface area contributed by atoms with E-state index in [9.17, 15) is 14.4 Å². The highest BCUT2D eigenvalue weighted by Gasteiger charge is 2.34. The van der Waals surface area contributed by atoms with Crippen LogP contribution in [0.1, 0.15) is 66.3 Å². The zero-order chi connectivity index (χ0) is 24.0. The number of aryl methyl sites for hydroxylation is 1. The van der Waals surface area contributed by atoms with Gasteiger partial charge in [0.15, 0.2) is 6.61 Å². The molecule has 1 saturated carbocycles. The fourth-order valence-corrected chi connectivity index (χ4v) is 4.42. The number of carbonyl (C=O) groups excluding carboxylic acids is 3. The predicted molar refractivity (Wildman–Crippen MR) is 127 cm³/mol. The third-order valence-electron chi connectivity index (χ3n) is 6.22. The van der Waals surface area contributed by atoms with Crippen LogP contribution in [0, 0.1) is 24.7 Å². The second-order valence-corrected chi connectivity index (χ2v) is 9.31. The SMILES string of the molecule is Cc1cccc(NC(=O)COC(=O)c2ccccc2C(=O)O[C@@H]2C[C@@H](C)CC[C@@H]2C(C)C)c1. The Kier molecular flexibility index (Phi) is 8.26. The van der Waals surface area contributed by atoms with Gasteiger partial charge in [-0.25, -0.2) is 9.59 Å². The Hall–Kier alpha value is -3.15. The minimum absolute atomic E-state index is 0.0933. The number of hydrogen-bond acceptors (Lipinski definition) is 5. The van der Waals surface area contributed by atoms with Gasteiger partial charge in [0.1, 0.15) is 6.10 Å². The maximum Gasteiger partial charge on any atom is 0.339 e. The van der Waals surface area contributed by atoms with Gasteiger partial charge in [0.2, 0.25) is 0 Å². The molecule has 33 heavy (non-hydrogen) atoms. The van der Waals surface area contributed by atoms with Gasteiger partial charge in [-0.2, -0.15) is 0 Å². The van der Waals surface area contributed by atoms with Gasteiger partial charge < -0.3 is 14.8 Å². The third kappa shape index (κ3) is 6.67. The van der Waals surface area contributed by atoms with Crippen molar-refractivity contribution in [3.63, 3.8) is 0 Å². The van der Waals surface area contributed by atoms with Crippen LogP contribution >= 0.6 is 0 Å². The van der Waals surface area contributed by atoms with Gasteiger partial charge in [-0.1, -0.05) is 51.5 Å². The molecule has 0 radical (unpaired) electrons. The summed E-state index contributed by atoms with van der Waals surface area (Å²) in [4.78, 5) is 37.9. The quantitative estimate of drug-likeness (QED) is 0.570. The van der Waals surface area contributed by atoms with E-state index in [0.717, 1.165) is 24.8 Å². The first-order valence-electron chi connectivity index (χ1n) is 11.6. The molecule has 6 heteroatoms. The Morgan fingerprint density at radius 3 is 2.36 bits per heavy atom. The molecule has 0 unspecified atom stereocenters. The number of esters is 2. The molecule has 1 N–H and O–H groups in total. The number of hydrogen-bond donors (Lipinski definition) is 1. The second kappa shape index (κ2) is 11.1. The summed E-state index contributed by atoms with van der Waals surface area (Å²) in [5, 5.41) is 2.69. The third-order valence-corrected chi connectivity index (χ3v) is 6.22. The van der Waals surface area contributed by atoms with Crippen molar-refractivity contribution in [3.05, 3.63) is 65.2 Å². The summed E-state index contributed by atoms with van der Waals surface area (Å²) in [7, 11) is 0. The number of carbonyl (C=O) groups is 3. The first-order chi connectivity index (χ1) is 15.7. The van der Waals surface area contributed by atoms with Crippen molar-refractivity contribution in [2.75, 3.05) is 11.9 Å². The Morgan fingerprint density at radius 2 is 1.70 bits per heavy atom. The Balaban J connectivity index is 1.64. The average molecular weight is 452 g/mol. The molecule has 0 saturated heterocycles. The van der Waals surface area contributed by atoms with E-state index in [1.807, 2.05) is 25.1 Å². The molecule has 0 aliphatic heterocycles. The average Bonchev–Trinajstić information content (AvgIpc) is 2.77. The van der Waals surface area contributed by atoms with Crippen molar-refractivity contribution in [3.8, 4) is 0 Å². The molecule has 0 aromatic heterocycles. The van der Waals surface area contributed by atoms with Crippen LogP contribution in [0.4, 0.5) is 5.69 Å². The Labute approximate surface area is 195 Å². The van der Waals surface area contributed by atoms with Crippen LogP contribution in [0.25, 0.3) is 0 Å². The first-order valence-corrected chi connectivity index (χ1v) is 11.6. The number of benzene rings is 2. The Morgan fingerprint density at radius 1 is 1.00 bits per heavy atom. The number of ether oxygens (including phenoxy) is 2. The minimum Gasteiger partial charge on any atom is -0.458 e. The summed E-state index contributed by atoms with van der Waals surface area (Å²) < 4.78 is 11.1. The standard InChI is InChI=1S/C27H33NO5/c1-17(2)21-13-12-19(4)15-24(21)33-27(31)23-11-6-5-10-22(23)26(30)32-16-25(29)28-20-9-7-8-18(3)14-20/h5-11,14,17,19,21,24H,12-13,15-16H2,1-4H3,(H,28,29)/t19-,21+,24+/m0/s1. The minimum atomic E-state index is -0.737. The molecule has 1 aliphatic rings. The fraction of sp³-hybridized carbons (Fsp3) is 0.444. The van der Waals surface area contributed by atoms with Gasteiger partial charge in [-0.15, -0.1) is 0 Å². The lowest BCUT2D eigenvalue weighted by Gasteiger charge is -2.36. The van der Waals surface area contributed by atoms with Crippen molar-refractivity contribution in [2.24, 2.45) is 17.8 Å². The van der Waals surface area contributed by atoms with Crippen LogP contribution in [0.15, 0.2) is 48.5 Å². The molecule has 1 amide bonds. The first kappa shape index (κ1) is 24.5. The van der Waals surface area contributed by atoms with Gasteiger partial charge in [0.25, 0.3) is 5.91 Å². The maximum absolute atomic E-state index is 13.0. The zero-order valence-electron chi connectivity index (χ0n) is 19.8. The highest BCUT2D eigenvalue weighted by molar-refractivity contribution is 6.04. The van der Waals surface area contributed by atoms with Crippen molar-refractivity contribution >= 4 is 23.5 Å². The molecule has 2 aromatic rings. The lowest BCUT2D eigenvalue weighted by molar-refractivity contribution is -0.119. The summed E-state index contributed by atoms with van der Waals surface area (Å²) >= 11 is 0. The smallest absolute Gasteiger partial charge is 0.339 e. The lowest BCUT2D eigenvalue weighted by Crippen LogP contribution is -2.36. The topological polar surface area (TPSA) is 81.7 Å². The van der Waals surface area contributed by atoms with Crippen LogP contribution in [0.5, 0.6) is 0 Å². The molecule has 176 valence electrons. The highest BCUT2D eigenvalue weighted by atomic mass is 16.5. The largest absolute Gasteiger partial charge is 0.458 e. The van der Waals surface area contributed by atoms with E-state index in [-0.39, 0.29) is 17.2 Å². The van der Waals surface area contributed by atoms with Gasteiger partial charge >= 0.3 is 11.9 Å². The molecular formula is C27H33NO5. The highest BCUT2D eigenvalue weighted by Crippen LogP contribution is 2.35. The van der Waals surface area contributed by atoms with Gasteiger partial charge in [-0.05, 0) is 67.3 Å². The van der Waals surface area contributed by atoms with Crippen molar-refractivity contribution in [1.82, 2.24) is 0 Å². The molecule has 2 aromatic carbocycles. The summed E-state index contributed by atoms with van der Waals surface area (Å²) in [6, 6.07) is 13.7. The second-order valence-electron chi connectivity index (χ2n) is 9.31. The summed E-state index contributed by atoms with van der Waals surface area (Å²) in [5.41, 5.74) is 1.88. The lowest BCUT2D eigenvalue weighted by atomic mass is 9.75. The van der Waals surface area contributed by atoms with E-state index in [2.05, 4.69) is 26.1 Å². The van der Waals surface area contributed by atoms with Crippen LogP contribution in [0.2, 0.25) is 0 Å². The summed E-state index contributed by atoms with van der Waals surface area (Å²) in [6.07, 6.45) is 2.80. The molecule has 6 nitrogen and oxygen atoms in total. The van der Waals surface area contributed by atoms with Crippen LogP contribution in [-0.2, 0) is 14.3 Å². The molecule has 3 rings (SSSR count).